The van der Waals surface area contributed by atoms with Crippen molar-refractivity contribution in [3.05, 3.63) is 58.6 Å². The molecule has 0 atom stereocenters. The largest absolute Gasteiger partial charge is 0.507 e. The van der Waals surface area contributed by atoms with Gasteiger partial charge in [0.15, 0.2) is 0 Å². The molecule has 0 bridgehead atoms. The summed E-state index contributed by atoms with van der Waals surface area (Å²) < 4.78 is 6.29. The van der Waals surface area contributed by atoms with Crippen LogP contribution in [0, 0.1) is 0 Å². The van der Waals surface area contributed by atoms with Crippen molar-refractivity contribution in [2.24, 2.45) is 4.99 Å². The van der Waals surface area contributed by atoms with Crippen molar-refractivity contribution < 1.29 is 9.52 Å². The van der Waals surface area contributed by atoms with E-state index in [4.69, 9.17) is 4.42 Å². The Labute approximate surface area is 129 Å². The molecular weight excluding hydrogens is 334 g/mol. The Morgan fingerprint density at radius 2 is 1.90 bits per heavy atom. The third kappa shape index (κ3) is 3.17. The summed E-state index contributed by atoms with van der Waals surface area (Å²) in [6.45, 7) is 0. The summed E-state index contributed by atoms with van der Waals surface area (Å²) in [5.41, 5.74) is 1.39. The Morgan fingerprint density at radius 3 is 2.71 bits per heavy atom. The SMILES string of the molecule is Oc1ccc(Br)cc1/C=N/c1nnc(-c2ccccc2)o1. The quantitative estimate of drug-likeness (QED) is 0.730. The average molecular weight is 344 g/mol. The van der Waals surface area contributed by atoms with Crippen LogP contribution in [0.15, 0.2) is 62.4 Å². The predicted octanol–water partition coefficient (Wildman–Crippen LogP) is 3.96. The van der Waals surface area contributed by atoms with E-state index in [2.05, 4.69) is 31.1 Å². The number of halogens is 1. The number of benzene rings is 2. The Hall–Kier alpha value is -2.47. The predicted molar refractivity (Wildman–Crippen MR) is 82.8 cm³/mol. The Balaban J connectivity index is 1.84. The van der Waals surface area contributed by atoms with Gasteiger partial charge in [-0.1, -0.05) is 39.2 Å². The van der Waals surface area contributed by atoms with E-state index in [1.54, 1.807) is 18.2 Å². The monoisotopic (exact) mass is 343 g/mol. The molecule has 0 radical (unpaired) electrons. The van der Waals surface area contributed by atoms with Crippen molar-refractivity contribution in [3.8, 4) is 17.2 Å². The van der Waals surface area contributed by atoms with Gasteiger partial charge in [0.1, 0.15) is 5.75 Å². The van der Waals surface area contributed by atoms with Gasteiger partial charge >= 0.3 is 6.01 Å². The van der Waals surface area contributed by atoms with Crippen LogP contribution in [0.1, 0.15) is 5.56 Å². The number of aromatic nitrogens is 2. The lowest BCUT2D eigenvalue weighted by Crippen LogP contribution is -1.82. The van der Waals surface area contributed by atoms with Crippen LogP contribution in [0.2, 0.25) is 0 Å². The van der Waals surface area contributed by atoms with Crippen molar-refractivity contribution in [3.63, 3.8) is 0 Å². The molecule has 6 heteroatoms. The van der Waals surface area contributed by atoms with E-state index < -0.39 is 0 Å². The molecule has 0 amide bonds. The van der Waals surface area contributed by atoms with E-state index in [1.165, 1.54) is 6.21 Å². The molecule has 1 N–H and O–H groups in total. The first kappa shape index (κ1) is 13.5. The van der Waals surface area contributed by atoms with Crippen molar-refractivity contribution >= 4 is 28.2 Å². The summed E-state index contributed by atoms with van der Waals surface area (Å²) >= 11 is 3.33. The zero-order valence-corrected chi connectivity index (χ0v) is 12.4. The van der Waals surface area contributed by atoms with Crippen LogP contribution in [-0.2, 0) is 0 Å². The molecule has 0 saturated heterocycles. The highest BCUT2D eigenvalue weighted by Crippen LogP contribution is 2.23. The minimum atomic E-state index is 0.129. The number of phenolic OH excluding ortho intramolecular Hbond substituents is 1. The maximum absolute atomic E-state index is 9.72. The van der Waals surface area contributed by atoms with Gasteiger partial charge < -0.3 is 9.52 Å². The Kier molecular flexibility index (Phi) is 3.79. The fourth-order valence-electron chi connectivity index (χ4n) is 1.72. The smallest absolute Gasteiger partial charge is 0.342 e. The van der Waals surface area contributed by atoms with Gasteiger partial charge in [-0.05, 0) is 30.3 Å². The first-order valence-electron chi connectivity index (χ1n) is 6.14. The molecule has 104 valence electrons. The standard InChI is InChI=1S/C15H10BrN3O2/c16-12-6-7-13(20)11(8-12)9-17-15-19-18-14(21-15)10-4-2-1-3-5-10/h1-9,20H/b17-9+. The fourth-order valence-corrected chi connectivity index (χ4v) is 2.10. The summed E-state index contributed by atoms with van der Waals surface area (Å²) in [6, 6.07) is 14.6. The van der Waals surface area contributed by atoms with Crippen molar-refractivity contribution in [1.29, 1.82) is 0 Å². The van der Waals surface area contributed by atoms with Crippen molar-refractivity contribution in [2.45, 2.75) is 0 Å². The van der Waals surface area contributed by atoms with E-state index in [0.717, 1.165) is 10.0 Å². The summed E-state index contributed by atoms with van der Waals surface area (Å²) in [4.78, 5) is 4.08. The van der Waals surface area contributed by atoms with E-state index in [9.17, 15) is 5.11 Å². The summed E-state index contributed by atoms with van der Waals surface area (Å²) in [6.07, 6.45) is 1.47. The van der Waals surface area contributed by atoms with Crippen LogP contribution in [-0.4, -0.2) is 21.5 Å². The van der Waals surface area contributed by atoms with Gasteiger partial charge in [-0.3, -0.25) is 0 Å². The number of hydrogen-bond donors (Lipinski definition) is 1. The molecule has 3 aromatic rings. The number of rotatable bonds is 3. The second-order valence-corrected chi connectivity index (χ2v) is 5.13. The highest BCUT2D eigenvalue weighted by Gasteiger charge is 2.07. The molecule has 0 aliphatic heterocycles. The average Bonchev–Trinajstić information content (AvgIpc) is 2.98. The lowest BCUT2D eigenvalue weighted by molar-refractivity contribution is 0.474. The fraction of sp³-hybridized carbons (Fsp3) is 0. The van der Waals surface area contributed by atoms with Crippen molar-refractivity contribution in [2.75, 3.05) is 0 Å². The Bertz CT molecular complexity index is 785. The molecule has 2 aromatic carbocycles. The molecule has 0 spiro atoms. The highest BCUT2D eigenvalue weighted by atomic mass is 79.9. The van der Waals surface area contributed by atoms with Crippen LogP contribution in [0.3, 0.4) is 0 Å². The molecule has 5 nitrogen and oxygen atoms in total. The van der Waals surface area contributed by atoms with E-state index in [0.29, 0.717) is 11.5 Å². The van der Waals surface area contributed by atoms with Gasteiger partial charge in [-0.15, -0.1) is 5.10 Å². The van der Waals surface area contributed by atoms with Crippen LogP contribution in [0.4, 0.5) is 6.01 Å². The summed E-state index contributed by atoms with van der Waals surface area (Å²) in [5, 5.41) is 17.5. The molecule has 21 heavy (non-hydrogen) atoms. The second kappa shape index (κ2) is 5.88. The molecule has 3 rings (SSSR count). The number of aliphatic imine (C=N–C) groups is 1. The molecular formula is C15H10BrN3O2. The number of aromatic hydroxyl groups is 1. The highest BCUT2D eigenvalue weighted by molar-refractivity contribution is 9.10. The minimum Gasteiger partial charge on any atom is -0.507 e. The van der Waals surface area contributed by atoms with Crippen LogP contribution in [0.5, 0.6) is 5.75 Å². The summed E-state index contributed by atoms with van der Waals surface area (Å²) in [7, 11) is 0. The number of nitrogens with zero attached hydrogens (tertiary/aromatic N) is 3. The zero-order valence-electron chi connectivity index (χ0n) is 10.8. The maximum atomic E-state index is 9.72. The first-order chi connectivity index (χ1) is 10.2. The van der Waals surface area contributed by atoms with Gasteiger partial charge in [0.2, 0.25) is 5.89 Å². The van der Waals surface area contributed by atoms with Gasteiger partial charge in [0.05, 0.1) is 0 Å². The Morgan fingerprint density at radius 1 is 1.10 bits per heavy atom. The third-order valence-corrected chi connectivity index (χ3v) is 3.23. The van der Waals surface area contributed by atoms with Gasteiger partial charge in [-0.25, -0.2) is 4.99 Å². The number of hydrogen-bond acceptors (Lipinski definition) is 5. The lowest BCUT2D eigenvalue weighted by atomic mass is 10.2. The molecule has 0 aliphatic carbocycles. The van der Waals surface area contributed by atoms with Gasteiger partial charge in [0, 0.05) is 21.8 Å². The van der Waals surface area contributed by atoms with E-state index in [1.807, 2.05) is 30.3 Å². The van der Waals surface area contributed by atoms with Crippen molar-refractivity contribution in [1.82, 2.24) is 10.2 Å². The first-order valence-corrected chi connectivity index (χ1v) is 6.93. The second-order valence-electron chi connectivity index (χ2n) is 4.22. The van der Waals surface area contributed by atoms with Crippen LogP contribution >= 0.6 is 15.9 Å². The third-order valence-electron chi connectivity index (χ3n) is 2.74. The maximum Gasteiger partial charge on any atom is 0.342 e. The molecule has 1 heterocycles. The van der Waals surface area contributed by atoms with Crippen LogP contribution in [0.25, 0.3) is 11.5 Å². The molecule has 0 unspecified atom stereocenters. The van der Waals surface area contributed by atoms with E-state index >= 15 is 0 Å². The number of phenols is 1. The molecule has 0 fully saturated rings. The lowest BCUT2D eigenvalue weighted by Gasteiger charge is -1.97. The van der Waals surface area contributed by atoms with E-state index in [-0.39, 0.29) is 11.8 Å². The van der Waals surface area contributed by atoms with Gasteiger partial charge in [0.25, 0.3) is 0 Å². The molecule has 1 aromatic heterocycles. The van der Waals surface area contributed by atoms with Crippen LogP contribution < -0.4 is 0 Å². The summed E-state index contributed by atoms with van der Waals surface area (Å²) in [5.74, 6) is 0.533. The molecule has 0 saturated carbocycles. The molecule has 0 aliphatic rings. The minimum absolute atomic E-state index is 0.129. The van der Waals surface area contributed by atoms with Gasteiger partial charge in [-0.2, -0.15) is 0 Å². The normalized spacial score (nSPS) is 11.1. The zero-order chi connectivity index (χ0) is 14.7. The topological polar surface area (TPSA) is 71.5 Å².